The van der Waals surface area contributed by atoms with Gasteiger partial charge in [-0.1, -0.05) is 25.4 Å². The van der Waals surface area contributed by atoms with Crippen LogP contribution in [0, 0.1) is 5.92 Å². The lowest BCUT2D eigenvalue weighted by atomic mass is 9.90. The van der Waals surface area contributed by atoms with E-state index in [0.29, 0.717) is 5.02 Å². The zero-order valence-corrected chi connectivity index (χ0v) is 9.02. The molecule has 0 radical (unpaired) electrons. The van der Waals surface area contributed by atoms with Crippen LogP contribution in [0.15, 0.2) is 10.8 Å². The second-order valence-corrected chi connectivity index (χ2v) is 4.39. The first-order chi connectivity index (χ1) is 6.04. The van der Waals surface area contributed by atoms with Gasteiger partial charge in [0.05, 0.1) is 10.9 Å². The molecule has 1 aromatic rings. The van der Waals surface area contributed by atoms with Crippen molar-refractivity contribution < 1.29 is 9.90 Å². The molecular formula is C9H11ClO2S. The van der Waals surface area contributed by atoms with E-state index in [1.54, 1.807) is 10.8 Å². The first-order valence-electron chi connectivity index (χ1n) is 3.98. The number of halogens is 1. The summed E-state index contributed by atoms with van der Waals surface area (Å²) in [4.78, 5) is 10.9. The number of aliphatic carboxylic acids is 1. The number of carbonyl (C=O) groups is 1. The molecule has 1 unspecified atom stereocenters. The summed E-state index contributed by atoms with van der Waals surface area (Å²) in [6.45, 7) is 3.76. The summed E-state index contributed by atoms with van der Waals surface area (Å²) in [5.74, 6) is -1.24. The maximum Gasteiger partial charge on any atom is 0.311 e. The van der Waals surface area contributed by atoms with Crippen molar-refractivity contribution in [1.29, 1.82) is 0 Å². The molecule has 1 aromatic heterocycles. The third kappa shape index (κ3) is 2.23. The molecule has 0 fully saturated rings. The van der Waals surface area contributed by atoms with Gasteiger partial charge in [0.2, 0.25) is 0 Å². The van der Waals surface area contributed by atoms with E-state index in [1.165, 1.54) is 11.3 Å². The molecule has 1 atom stereocenters. The van der Waals surface area contributed by atoms with Gasteiger partial charge in [0.15, 0.2) is 0 Å². The van der Waals surface area contributed by atoms with Gasteiger partial charge in [-0.3, -0.25) is 4.79 Å². The Kier molecular flexibility index (Phi) is 3.33. The summed E-state index contributed by atoms with van der Waals surface area (Å²) in [6, 6.07) is 0. The predicted molar refractivity (Wildman–Crippen MR) is 54.5 cm³/mol. The summed E-state index contributed by atoms with van der Waals surface area (Å²) in [5, 5.41) is 13.1. The molecule has 0 spiro atoms. The topological polar surface area (TPSA) is 37.3 Å². The molecule has 72 valence electrons. The average molecular weight is 219 g/mol. The van der Waals surface area contributed by atoms with Gasteiger partial charge in [-0.05, 0) is 16.9 Å². The Balaban J connectivity index is 3.02. The van der Waals surface area contributed by atoms with Gasteiger partial charge in [0, 0.05) is 5.38 Å². The SMILES string of the molecule is CC(C)C(C(=O)O)c1cscc1Cl. The van der Waals surface area contributed by atoms with E-state index < -0.39 is 11.9 Å². The molecule has 0 aliphatic carbocycles. The number of hydrogen-bond donors (Lipinski definition) is 1. The molecule has 0 aromatic carbocycles. The Morgan fingerprint density at radius 2 is 2.15 bits per heavy atom. The van der Waals surface area contributed by atoms with Crippen LogP contribution < -0.4 is 0 Å². The summed E-state index contributed by atoms with van der Waals surface area (Å²) in [5.41, 5.74) is 0.731. The number of carboxylic acid groups (broad SMARTS) is 1. The standard InChI is InChI=1S/C9H11ClO2S/c1-5(2)8(9(11)12)6-3-13-4-7(6)10/h3-5,8H,1-2H3,(H,11,12). The predicted octanol–water partition coefficient (Wildman–Crippen LogP) is 3.23. The molecule has 0 aliphatic rings. The van der Waals surface area contributed by atoms with E-state index >= 15 is 0 Å². The Morgan fingerprint density at radius 3 is 2.46 bits per heavy atom. The van der Waals surface area contributed by atoms with Crippen LogP contribution in [0.2, 0.25) is 5.02 Å². The first-order valence-corrected chi connectivity index (χ1v) is 5.30. The lowest BCUT2D eigenvalue weighted by Crippen LogP contribution is -2.17. The van der Waals surface area contributed by atoms with E-state index in [9.17, 15) is 4.79 Å². The summed E-state index contributed by atoms with van der Waals surface area (Å²) in [7, 11) is 0. The van der Waals surface area contributed by atoms with Crippen LogP contribution in [0.1, 0.15) is 25.3 Å². The van der Waals surface area contributed by atoms with Crippen molar-refractivity contribution in [1.82, 2.24) is 0 Å². The molecule has 1 N–H and O–H groups in total. The molecule has 4 heteroatoms. The Bertz CT molecular complexity index is 306. The zero-order chi connectivity index (χ0) is 10.0. The molecule has 1 rings (SSSR count). The highest BCUT2D eigenvalue weighted by molar-refractivity contribution is 7.08. The van der Waals surface area contributed by atoms with Gasteiger partial charge in [-0.15, -0.1) is 0 Å². The highest BCUT2D eigenvalue weighted by Gasteiger charge is 2.25. The molecule has 0 aliphatic heterocycles. The van der Waals surface area contributed by atoms with E-state index in [4.69, 9.17) is 16.7 Å². The van der Waals surface area contributed by atoms with Gasteiger partial charge < -0.3 is 5.11 Å². The van der Waals surface area contributed by atoms with Gasteiger partial charge in [-0.25, -0.2) is 0 Å². The normalized spacial score (nSPS) is 13.2. The van der Waals surface area contributed by atoms with Crippen molar-refractivity contribution in [2.24, 2.45) is 5.92 Å². The quantitative estimate of drug-likeness (QED) is 0.846. The highest BCUT2D eigenvalue weighted by atomic mass is 35.5. The van der Waals surface area contributed by atoms with E-state index in [0.717, 1.165) is 5.56 Å². The fourth-order valence-corrected chi connectivity index (χ4v) is 2.43. The highest BCUT2D eigenvalue weighted by Crippen LogP contribution is 2.33. The third-order valence-corrected chi connectivity index (χ3v) is 3.13. The fourth-order valence-electron chi connectivity index (χ4n) is 1.29. The van der Waals surface area contributed by atoms with Crippen LogP contribution in [-0.2, 0) is 4.79 Å². The lowest BCUT2D eigenvalue weighted by molar-refractivity contribution is -0.139. The Morgan fingerprint density at radius 1 is 1.54 bits per heavy atom. The molecule has 2 nitrogen and oxygen atoms in total. The minimum absolute atomic E-state index is 0.0598. The molecule has 0 saturated carbocycles. The molecule has 0 amide bonds. The maximum atomic E-state index is 10.9. The second kappa shape index (κ2) is 4.11. The maximum absolute atomic E-state index is 10.9. The molecular weight excluding hydrogens is 208 g/mol. The van der Waals surface area contributed by atoms with Gasteiger partial charge in [0.1, 0.15) is 0 Å². The van der Waals surface area contributed by atoms with Crippen LogP contribution in [0.4, 0.5) is 0 Å². The largest absolute Gasteiger partial charge is 0.481 e. The third-order valence-electron chi connectivity index (χ3n) is 1.91. The van der Waals surface area contributed by atoms with E-state index in [1.807, 2.05) is 13.8 Å². The molecule has 13 heavy (non-hydrogen) atoms. The minimum atomic E-state index is -0.810. The van der Waals surface area contributed by atoms with Crippen molar-refractivity contribution in [3.63, 3.8) is 0 Å². The number of thiophene rings is 1. The second-order valence-electron chi connectivity index (χ2n) is 3.23. The summed E-state index contributed by atoms with van der Waals surface area (Å²) >= 11 is 7.30. The monoisotopic (exact) mass is 218 g/mol. The zero-order valence-electron chi connectivity index (χ0n) is 7.45. The molecule has 0 saturated heterocycles. The van der Waals surface area contributed by atoms with E-state index in [2.05, 4.69) is 0 Å². The number of carboxylic acids is 1. The molecule has 0 bridgehead atoms. The fraction of sp³-hybridized carbons (Fsp3) is 0.444. The average Bonchev–Trinajstić information content (AvgIpc) is 2.35. The van der Waals surface area contributed by atoms with Crippen molar-refractivity contribution in [2.45, 2.75) is 19.8 Å². The van der Waals surface area contributed by atoms with Crippen molar-refractivity contribution in [3.05, 3.63) is 21.3 Å². The lowest BCUT2D eigenvalue weighted by Gasteiger charge is -2.15. The van der Waals surface area contributed by atoms with Crippen LogP contribution in [0.5, 0.6) is 0 Å². The number of hydrogen-bond acceptors (Lipinski definition) is 2. The first kappa shape index (κ1) is 10.5. The summed E-state index contributed by atoms with van der Waals surface area (Å²) < 4.78 is 0. The molecule has 1 heterocycles. The van der Waals surface area contributed by atoms with Crippen molar-refractivity contribution in [3.8, 4) is 0 Å². The van der Waals surface area contributed by atoms with E-state index in [-0.39, 0.29) is 5.92 Å². The Labute approximate surface area is 86.2 Å². The number of rotatable bonds is 3. The van der Waals surface area contributed by atoms with Crippen LogP contribution in [-0.4, -0.2) is 11.1 Å². The smallest absolute Gasteiger partial charge is 0.311 e. The van der Waals surface area contributed by atoms with Crippen LogP contribution in [0.3, 0.4) is 0 Å². The summed E-state index contributed by atoms with van der Waals surface area (Å²) in [6.07, 6.45) is 0. The van der Waals surface area contributed by atoms with Gasteiger partial charge >= 0.3 is 5.97 Å². The van der Waals surface area contributed by atoms with Crippen LogP contribution >= 0.6 is 22.9 Å². The van der Waals surface area contributed by atoms with Crippen LogP contribution in [0.25, 0.3) is 0 Å². The minimum Gasteiger partial charge on any atom is -0.481 e. The van der Waals surface area contributed by atoms with Gasteiger partial charge in [0.25, 0.3) is 0 Å². The van der Waals surface area contributed by atoms with Gasteiger partial charge in [-0.2, -0.15) is 11.3 Å². The van der Waals surface area contributed by atoms with Crippen molar-refractivity contribution >= 4 is 28.9 Å². The Hall–Kier alpha value is -0.540. The van der Waals surface area contributed by atoms with Crippen molar-refractivity contribution in [2.75, 3.05) is 0 Å².